The predicted octanol–water partition coefficient (Wildman–Crippen LogP) is 0.439. The minimum Gasteiger partial charge on any atom is -0.392 e. The van der Waals surface area contributed by atoms with Crippen LogP contribution in [0.25, 0.3) is 0 Å². The van der Waals surface area contributed by atoms with Crippen LogP contribution < -0.4 is 0 Å². The first-order chi connectivity index (χ1) is 10.6. The van der Waals surface area contributed by atoms with Gasteiger partial charge in [0.05, 0.1) is 12.3 Å². The van der Waals surface area contributed by atoms with Crippen LogP contribution in [0.15, 0.2) is 12.4 Å². The van der Waals surface area contributed by atoms with Crippen LogP contribution in [-0.2, 0) is 11.8 Å². The summed E-state index contributed by atoms with van der Waals surface area (Å²) >= 11 is 0. The van der Waals surface area contributed by atoms with Gasteiger partial charge in [-0.25, -0.2) is 0 Å². The molecule has 0 radical (unpaired) electrons. The number of nitrogens with zero attached hydrogens (tertiary/aromatic N) is 4. The van der Waals surface area contributed by atoms with Gasteiger partial charge in [-0.15, -0.1) is 0 Å². The Balaban J connectivity index is 1.47. The largest absolute Gasteiger partial charge is 0.392 e. The van der Waals surface area contributed by atoms with E-state index in [-0.39, 0.29) is 12.0 Å². The molecule has 0 bridgehead atoms. The smallest absolute Gasteiger partial charge is 0.226 e. The third-order valence-corrected chi connectivity index (χ3v) is 4.88. The molecule has 1 amide bonds. The summed E-state index contributed by atoms with van der Waals surface area (Å²) in [5.41, 5.74) is 1.19. The number of piperazine rings is 1. The van der Waals surface area contributed by atoms with Crippen molar-refractivity contribution in [3.05, 3.63) is 18.0 Å². The highest BCUT2D eigenvalue weighted by Gasteiger charge is 2.46. The Kier molecular flexibility index (Phi) is 4.49. The quantitative estimate of drug-likeness (QED) is 0.857. The summed E-state index contributed by atoms with van der Waals surface area (Å²) in [7, 11) is 1.91. The molecule has 22 heavy (non-hydrogen) atoms. The van der Waals surface area contributed by atoms with Gasteiger partial charge in [0.2, 0.25) is 5.91 Å². The van der Waals surface area contributed by atoms with Crippen LogP contribution >= 0.6 is 0 Å². The SMILES string of the molecule is CC[C@H](O)CN1CCN(C(=O)[C@H]2C[C@H]2c2cnn(C)c2)CC1. The standard InChI is InChI=1S/C16H26N4O2/c1-3-13(21)11-19-4-6-20(7-5-19)16(22)15-8-14(15)12-9-17-18(2)10-12/h9-10,13-15,21H,3-8,11H2,1-2H3/t13-,14-,15-/m0/s1. The highest BCUT2D eigenvalue weighted by atomic mass is 16.3. The molecule has 0 aromatic carbocycles. The molecule has 3 atom stereocenters. The van der Waals surface area contributed by atoms with Gasteiger partial charge in [0, 0.05) is 51.9 Å². The van der Waals surface area contributed by atoms with E-state index >= 15 is 0 Å². The number of carbonyl (C=O) groups is 1. The first-order valence-corrected chi connectivity index (χ1v) is 8.26. The van der Waals surface area contributed by atoms with Crippen molar-refractivity contribution in [1.82, 2.24) is 19.6 Å². The minimum absolute atomic E-state index is 0.150. The number of carbonyl (C=O) groups excluding carboxylic acids is 1. The highest BCUT2D eigenvalue weighted by Crippen LogP contribution is 2.48. The number of aryl methyl sites for hydroxylation is 1. The van der Waals surface area contributed by atoms with Gasteiger partial charge in [-0.2, -0.15) is 5.10 Å². The molecule has 6 heteroatoms. The van der Waals surface area contributed by atoms with E-state index in [1.165, 1.54) is 5.56 Å². The summed E-state index contributed by atoms with van der Waals surface area (Å²) < 4.78 is 1.80. The van der Waals surface area contributed by atoms with Crippen LogP contribution in [-0.4, -0.2) is 69.4 Å². The van der Waals surface area contributed by atoms with Gasteiger partial charge >= 0.3 is 0 Å². The van der Waals surface area contributed by atoms with Gasteiger partial charge in [-0.1, -0.05) is 6.92 Å². The van der Waals surface area contributed by atoms with Crippen LogP contribution in [0, 0.1) is 5.92 Å². The number of amides is 1. The molecule has 0 spiro atoms. The van der Waals surface area contributed by atoms with Crippen molar-refractivity contribution >= 4 is 5.91 Å². The number of hydrogen-bond acceptors (Lipinski definition) is 4. The Hall–Kier alpha value is -1.40. The summed E-state index contributed by atoms with van der Waals surface area (Å²) in [6.45, 7) is 6.02. The molecular formula is C16H26N4O2. The van der Waals surface area contributed by atoms with E-state index in [4.69, 9.17) is 0 Å². The van der Waals surface area contributed by atoms with Crippen molar-refractivity contribution in [1.29, 1.82) is 0 Å². The van der Waals surface area contributed by atoms with E-state index in [1.54, 1.807) is 4.68 Å². The van der Waals surface area contributed by atoms with E-state index in [9.17, 15) is 9.90 Å². The molecule has 122 valence electrons. The molecule has 2 fully saturated rings. The summed E-state index contributed by atoms with van der Waals surface area (Å²) in [4.78, 5) is 16.8. The Morgan fingerprint density at radius 1 is 1.41 bits per heavy atom. The van der Waals surface area contributed by atoms with E-state index < -0.39 is 0 Å². The Morgan fingerprint density at radius 3 is 2.73 bits per heavy atom. The number of aromatic nitrogens is 2. The maximum atomic E-state index is 12.6. The predicted molar refractivity (Wildman–Crippen MR) is 83.4 cm³/mol. The number of aliphatic hydroxyl groups is 1. The van der Waals surface area contributed by atoms with Crippen LogP contribution in [0.2, 0.25) is 0 Å². The van der Waals surface area contributed by atoms with Crippen molar-refractivity contribution in [3.8, 4) is 0 Å². The molecule has 2 heterocycles. The molecule has 1 saturated heterocycles. The Bertz CT molecular complexity index is 522. The second-order valence-corrected chi connectivity index (χ2v) is 6.58. The van der Waals surface area contributed by atoms with Crippen molar-refractivity contribution in [3.63, 3.8) is 0 Å². The lowest BCUT2D eigenvalue weighted by Crippen LogP contribution is -2.50. The second-order valence-electron chi connectivity index (χ2n) is 6.58. The van der Waals surface area contributed by atoms with Crippen molar-refractivity contribution < 1.29 is 9.90 Å². The van der Waals surface area contributed by atoms with E-state index in [2.05, 4.69) is 10.00 Å². The zero-order valence-electron chi connectivity index (χ0n) is 13.5. The Morgan fingerprint density at radius 2 is 2.14 bits per heavy atom. The maximum Gasteiger partial charge on any atom is 0.226 e. The van der Waals surface area contributed by atoms with Gasteiger partial charge in [-0.05, 0) is 24.3 Å². The third kappa shape index (κ3) is 3.33. The van der Waals surface area contributed by atoms with E-state index in [1.807, 2.05) is 31.3 Å². The summed E-state index contributed by atoms with van der Waals surface area (Å²) in [6, 6.07) is 0. The van der Waals surface area contributed by atoms with Gasteiger partial charge in [0.15, 0.2) is 0 Å². The van der Waals surface area contributed by atoms with Crippen LogP contribution in [0.3, 0.4) is 0 Å². The fourth-order valence-electron chi connectivity index (χ4n) is 3.28. The lowest BCUT2D eigenvalue weighted by Gasteiger charge is -2.35. The van der Waals surface area contributed by atoms with Gasteiger partial charge in [0.25, 0.3) is 0 Å². The number of aliphatic hydroxyl groups excluding tert-OH is 1. The fourth-order valence-corrected chi connectivity index (χ4v) is 3.28. The maximum absolute atomic E-state index is 12.6. The lowest BCUT2D eigenvalue weighted by atomic mass is 10.1. The molecule has 1 aliphatic heterocycles. The Labute approximate surface area is 131 Å². The molecule has 6 nitrogen and oxygen atoms in total. The summed E-state index contributed by atoms with van der Waals surface area (Å²) in [5.74, 6) is 0.808. The molecule has 2 aliphatic rings. The van der Waals surface area contributed by atoms with Crippen LogP contribution in [0.5, 0.6) is 0 Å². The number of β-amino-alcohol motifs (C(OH)–C–C–N with tert-alkyl or cyclic N) is 1. The van der Waals surface area contributed by atoms with Gasteiger partial charge < -0.3 is 10.0 Å². The van der Waals surface area contributed by atoms with E-state index in [0.29, 0.717) is 11.8 Å². The van der Waals surface area contributed by atoms with Gasteiger partial charge in [-0.3, -0.25) is 14.4 Å². The van der Waals surface area contributed by atoms with Crippen LogP contribution in [0.4, 0.5) is 0 Å². The first kappa shape index (κ1) is 15.5. The van der Waals surface area contributed by atoms with Crippen molar-refractivity contribution in [2.45, 2.75) is 31.8 Å². The fraction of sp³-hybridized carbons (Fsp3) is 0.750. The molecular weight excluding hydrogens is 280 g/mol. The zero-order valence-corrected chi connectivity index (χ0v) is 13.5. The normalized spacial score (nSPS) is 27.0. The molecule has 1 aromatic heterocycles. The molecule has 1 aromatic rings. The van der Waals surface area contributed by atoms with Gasteiger partial charge in [0.1, 0.15) is 0 Å². The summed E-state index contributed by atoms with van der Waals surface area (Å²) in [5, 5.41) is 13.9. The molecule has 1 saturated carbocycles. The summed E-state index contributed by atoms with van der Waals surface area (Å²) in [6.07, 6.45) is 5.39. The average Bonchev–Trinajstić information content (AvgIpc) is 3.21. The average molecular weight is 306 g/mol. The zero-order chi connectivity index (χ0) is 15.7. The minimum atomic E-state index is -0.249. The highest BCUT2D eigenvalue weighted by molar-refractivity contribution is 5.83. The number of rotatable bonds is 5. The molecule has 0 unspecified atom stereocenters. The monoisotopic (exact) mass is 306 g/mol. The van der Waals surface area contributed by atoms with Crippen molar-refractivity contribution in [2.24, 2.45) is 13.0 Å². The molecule has 1 N–H and O–H groups in total. The van der Waals surface area contributed by atoms with Crippen LogP contribution in [0.1, 0.15) is 31.2 Å². The first-order valence-electron chi connectivity index (χ1n) is 8.26. The molecule has 3 rings (SSSR count). The number of hydrogen-bond donors (Lipinski definition) is 1. The third-order valence-electron chi connectivity index (χ3n) is 4.88. The van der Waals surface area contributed by atoms with Crippen molar-refractivity contribution in [2.75, 3.05) is 32.7 Å². The lowest BCUT2D eigenvalue weighted by molar-refractivity contribution is -0.134. The second kappa shape index (κ2) is 6.38. The topological polar surface area (TPSA) is 61.6 Å². The van der Waals surface area contributed by atoms with E-state index in [0.717, 1.165) is 45.6 Å². The molecule has 1 aliphatic carbocycles.